The Balaban J connectivity index is 2.08. The molecule has 0 saturated carbocycles. The molecule has 1 aliphatic rings. The van der Waals surface area contributed by atoms with Crippen molar-refractivity contribution >= 4 is 17.8 Å². The molecule has 0 spiro atoms. The molecule has 2 N–H and O–H groups in total. The summed E-state index contributed by atoms with van der Waals surface area (Å²) >= 11 is 0. The number of carbonyl (C=O) groups is 3. The van der Waals surface area contributed by atoms with Crippen molar-refractivity contribution in [2.24, 2.45) is 0 Å². The fraction of sp³-hybridized carbons (Fsp3) is 0.609. The number of ether oxygens (including phenoxy) is 3. The van der Waals surface area contributed by atoms with Crippen molar-refractivity contribution < 1.29 is 33.7 Å². The number of hydrogen-bond acceptors (Lipinski definition) is 7. The van der Waals surface area contributed by atoms with Crippen LogP contribution in [0.4, 0.5) is 0 Å². The predicted molar refractivity (Wildman–Crippen MR) is 117 cm³/mol. The number of amides is 1. The van der Waals surface area contributed by atoms with Crippen LogP contribution in [0.3, 0.4) is 0 Å². The highest BCUT2D eigenvalue weighted by Crippen LogP contribution is 2.13. The highest BCUT2D eigenvalue weighted by atomic mass is 16.7. The number of benzene rings is 1. The van der Waals surface area contributed by atoms with Gasteiger partial charge in [0.25, 0.3) is 0 Å². The van der Waals surface area contributed by atoms with Crippen LogP contribution in [0.1, 0.15) is 39.2 Å². The minimum atomic E-state index is -1.13. The highest BCUT2D eigenvalue weighted by Gasteiger charge is 2.34. The third kappa shape index (κ3) is 7.89. The van der Waals surface area contributed by atoms with Gasteiger partial charge in [-0.05, 0) is 45.6 Å². The van der Waals surface area contributed by atoms with Crippen molar-refractivity contribution in [3.05, 3.63) is 35.9 Å². The molecule has 0 aliphatic carbocycles. The van der Waals surface area contributed by atoms with E-state index in [1.807, 2.05) is 30.3 Å². The van der Waals surface area contributed by atoms with E-state index in [0.717, 1.165) is 12.0 Å². The minimum Gasteiger partial charge on any atom is -0.480 e. The van der Waals surface area contributed by atoms with Gasteiger partial charge in [-0.15, -0.1) is 0 Å². The number of esters is 1. The zero-order valence-electron chi connectivity index (χ0n) is 19.0. The second kappa shape index (κ2) is 13.1. The van der Waals surface area contributed by atoms with E-state index in [9.17, 15) is 19.5 Å². The van der Waals surface area contributed by atoms with Crippen molar-refractivity contribution in [1.29, 1.82) is 0 Å². The van der Waals surface area contributed by atoms with Crippen LogP contribution in [0.5, 0.6) is 0 Å². The summed E-state index contributed by atoms with van der Waals surface area (Å²) < 4.78 is 16.2. The van der Waals surface area contributed by atoms with Crippen LogP contribution in [-0.4, -0.2) is 78.6 Å². The Bertz CT molecular complexity index is 737. The number of nitrogens with zero attached hydrogens (tertiary/aromatic N) is 1. The Morgan fingerprint density at radius 3 is 2.44 bits per heavy atom. The predicted octanol–water partition coefficient (Wildman–Crippen LogP) is 1.59. The maximum Gasteiger partial charge on any atom is 0.326 e. The van der Waals surface area contributed by atoms with Crippen LogP contribution in [0.25, 0.3) is 0 Å². The monoisotopic (exact) mass is 450 g/mol. The van der Waals surface area contributed by atoms with Gasteiger partial charge in [0.1, 0.15) is 12.1 Å². The zero-order valence-corrected chi connectivity index (χ0v) is 19.0. The van der Waals surface area contributed by atoms with Gasteiger partial charge in [0.15, 0.2) is 6.29 Å². The van der Waals surface area contributed by atoms with Crippen LogP contribution in [0.2, 0.25) is 0 Å². The molecule has 0 radical (unpaired) electrons. The van der Waals surface area contributed by atoms with Gasteiger partial charge in [0.05, 0.1) is 32.4 Å². The number of carboxylic acid groups (broad SMARTS) is 1. The number of nitrogens with one attached hydrogen (secondary N) is 1. The first-order valence-corrected chi connectivity index (χ1v) is 11.1. The second-order valence-corrected chi connectivity index (χ2v) is 7.75. The normalized spacial score (nSPS) is 17.2. The SMILES string of the molecule is CCOC(=O)C(CCc1ccccc1)N[C@@H](C)C(=O)N(CC1OCCCO1)[C@@H](C)C(=O)O. The molecule has 1 aromatic rings. The van der Waals surface area contributed by atoms with Gasteiger partial charge in [-0.2, -0.15) is 0 Å². The quantitative estimate of drug-likeness (QED) is 0.462. The molecule has 178 valence electrons. The number of carboxylic acids is 1. The number of rotatable bonds is 12. The molecular formula is C23H34N2O7. The maximum atomic E-state index is 13.2. The van der Waals surface area contributed by atoms with Gasteiger partial charge < -0.3 is 24.2 Å². The smallest absolute Gasteiger partial charge is 0.326 e. The molecule has 0 bridgehead atoms. The fourth-order valence-corrected chi connectivity index (χ4v) is 3.46. The van der Waals surface area contributed by atoms with Crippen molar-refractivity contribution in [2.75, 3.05) is 26.4 Å². The number of hydrogen-bond donors (Lipinski definition) is 2. The first-order valence-electron chi connectivity index (χ1n) is 11.1. The Morgan fingerprint density at radius 2 is 1.84 bits per heavy atom. The van der Waals surface area contributed by atoms with Crippen molar-refractivity contribution in [1.82, 2.24) is 10.2 Å². The van der Waals surface area contributed by atoms with Crippen LogP contribution >= 0.6 is 0 Å². The Hall–Kier alpha value is -2.49. The topological polar surface area (TPSA) is 114 Å². The van der Waals surface area contributed by atoms with Crippen LogP contribution in [0.15, 0.2) is 30.3 Å². The summed E-state index contributed by atoms with van der Waals surface area (Å²) in [6.07, 6.45) is 1.13. The van der Waals surface area contributed by atoms with E-state index in [1.165, 1.54) is 11.8 Å². The van der Waals surface area contributed by atoms with Crippen LogP contribution in [-0.2, 0) is 35.0 Å². The van der Waals surface area contributed by atoms with Gasteiger partial charge in [-0.3, -0.25) is 14.9 Å². The average molecular weight is 451 g/mol. The molecule has 2 rings (SSSR count). The lowest BCUT2D eigenvalue weighted by atomic mass is 10.0. The number of aryl methyl sites for hydroxylation is 1. The largest absolute Gasteiger partial charge is 0.480 e. The van der Waals surface area contributed by atoms with E-state index >= 15 is 0 Å². The third-order valence-corrected chi connectivity index (χ3v) is 5.31. The van der Waals surface area contributed by atoms with E-state index < -0.39 is 42.3 Å². The molecular weight excluding hydrogens is 416 g/mol. The van der Waals surface area contributed by atoms with Gasteiger partial charge in [-0.25, -0.2) is 4.79 Å². The van der Waals surface area contributed by atoms with Gasteiger partial charge in [0.2, 0.25) is 5.91 Å². The Morgan fingerprint density at radius 1 is 1.19 bits per heavy atom. The zero-order chi connectivity index (χ0) is 23.5. The summed E-state index contributed by atoms with van der Waals surface area (Å²) in [6, 6.07) is 7.11. The standard InChI is InChI=1S/C23H34N2O7/c1-4-30-23(29)19(12-11-18-9-6-5-7-10-18)24-16(2)21(26)25(17(3)22(27)28)15-20-31-13-8-14-32-20/h5-7,9-10,16-17,19-20,24H,4,8,11-15H2,1-3H3,(H,27,28)/t16-,17-,19?/m0/s1. The molecule has 1 aliphatic heterocycles. The van der Waals surface area contributed by atoms with Crippen LogP contribution in [0, 0.1) is 0 Å². The fourth-order valence-electron chi connectivity index (χ4n) is 3.46. The molecule has 32 heavy (non-hydrogen) atoms. The lowest BCUT2D eigenvalue weighted by Crippen LogP contribution is -2.56. The van der Waals surface area contributed by atoms with Gasteiger partial charge in [-0.1, -0.05) is 30.3 Å². The lowest BCUT2D eigenvalue weighted by molar-refractivity contribution is -0.193. The lowest BCUT2D eigenvalue weighted by Gasteiger charge is -2.34. The molecule has 3 atom stereocenters. The molecule has 9 heteroatoms. The maximum absolute atomic E-state index is 13.2. The van der Waals surface area contributed by atoms with E-state index in [2.05, 4.69) is 5.32 Å². The molecule has 1 fully saturated rings. The summed E-state index contributed by atoms with van der Waals surface area (Å²) in [5.74, 6) is -2.03. The summed E-state index contributed by atoms with van der Waals surface area (Å²) in [5, 5.41) is 12.5. The van der Waals surface area contributed by atoms with E-state index in [0.29, 0.717) is 26.1 Å². The van der Waals surface area contributed by atoms with Crippen molar-refractivity contribution in [2.45, 2.75) is 64.4 Å². The number of aliphatic carboxylic acids is 1. The summed E-state index contributed by atoms with van der Waals surface area (Å²) in [6.45, 7) is 5.98. The van der Waals surface area contributed by atoms with E-state index in [1.54, 1.807) is 13.8 Å². The first-order chi connectivity index (χ1) is 15.3. The van der Waals surface area contributed by atoms with E-state index in [-0.39, 0.29) is 13.2 Å². The first kappa shape index (κ1) is 25.8. The van der Waals surface area contributed by atoms with E-state index in [4.69, 9.17) is 14.2 Å². The molecule has 1 heterocycles. The molecule has 1 unspecified atom stereocenters. The van der Waals surface area contributed by atoms with Gasteiger partial charge >= 0.3 is 11.9 Å². The average Bonchev–Trinajstić information content (AvgIpc) is 2.80. The Kier molecular flexibility index (Phi) is 10.6. The van der Waals surface area contributed by atoms with Crippen molar-refractivity contribution in [3.8, 4) is 0 Å². The molecule has 1 aromatic carbocycles. The summed E-state index contributed by atoms with van der Waals surface area (Å²) in [4.78, 5) is 38.5. The summed E-state index contributed by atoms with van der Waals surface area (Å²) in [7, 11) is 0. The molecule has 9 nitrogen and oxygen atoms in total. The second-order valence-electron chi connectivity index (χ2n) is 7.75. The van der Waals surface area contributed by atoms with Crippen molar-refractivity contribution in [3.63, 3.8) is 0 Å². The Labute approximate surface area is 189 Å². The molecule has 1 saturated heterocycles. The minimum absolute atomic E-state index is 0.00753. The van der Waals surface area contributed by atoms with Gasteiger partial charge in [0, 0.05) is 0 Å². The highest BCUT2D eigenvalue weighted by molar-refractivity contribution is 5.87. The molecule has 1 amide bonds. The third-order valence-electron chi connectivity index (χ3n) is 5.31. The number of carbonyl (C=O) groups excluding carboxylic acids is 2. The van der Waals surface area contributed by atoms with Crippen LogP contribution < -0.4 is 5.32 Å². The molecule has 0 aromatic heterocycles. The summed E-state index contributed by atoms with van der Waals surface area (Å²) in [5.41, 5.74) is 1.07.